The van der Waals surface area contributed by atoms with Gasteiger partial charge in [-0.15, -0.1) is 0 Å². The summed E-state index contributed by atoms with van der Waals surface area (Å²) in [7, 11) is 0. The van der Waals surface area contributed by atoms with Crippen LogP contribution in [0, 0.1) is 0 Å². The van der Waals surface area contributed by atoms with E-state index in [1.807, 2.05) is 36.7 Å². The summed E-state index contributed by atoms with van der Waals surface area (Å²) in [4.78, 5) is 14.7. The Bertz CT molecular complexity index is 2920. The zero-order valence-electron chi connectivity index (χ0n) is 29.4. The lowest BCUT2D eigenvalue weighted by Crippen LogP contribution is -1.96. The molecule has 0 bridgehead atoms. The molecule has 10 aromatic rings. The van der Waals surface area contributed by atoms with Crippen LogP contribution in [0.5, 0.6) is 0 Å². The summed E-state index contributed by atoms with van der Waals surface area (Å²) in [5.74, 6) is 0.690. The molecule has 2 heterocycles. The molecule has 0 aliphatic carbocycles. The van der Waals surface area contributed by atoms with Gasteiger partial charge in [-0.05, 0) is 108 Å². The largest absolute Gasteiger partial charge is 0.265 e. The second kappa shape index (κ2) is 13.4. The quantitative estimate of drug-likeness (QED) is 0.163. The molecule has 0 atom stereocenters. The average molecular weight is 688 g/mol. The highest BCUT2D eigenvalue weighted by Crippen LogP contribution is 2.39. The molecular formula is C51H33N3. The van der Waals surface area contributed by atoms with Crippen LogP contribution < -0.4 is 0 Å². The van der Waals surface area contributed by atoms with E-state index in [-0.39, 0.29) is 0 Å². The lowest BCUT2D eigenvalue weighted by atomic mass is 9.90. The number of hydrogen-bond acceptors (Lipinski definition) is 3. The van der Waals surface area contributed by atoms with Gasteiger partial charge < -0.3 is 0 Å². The Hall–Kier alpha value is -7.23. The number of nitrogens with zero attached hydrogens (tertiary/aromatic N) is 3. The van der Waals surface area contributed by atoms with Gasteiger partial charge in [-0.1, -0.05) is 146 Å². The maximum atomic E-state index is 5.24. The summed E-state index contributed by atoms with van der Waals surface area (Å²) in [5.41, 5.74) is 11.6. The molecule has 10 rings (SSSR count). The fourth-order valence-corrected chi connectivity index (χ4v) is 7.66. The van der Waals surface area contributed by atoms with E-state index in [1.54, 1.807) is 0 Å². The van der Waals surface area contributed by atoms with E-state index in [4.69, 9.17) is 9.97 Å². The smallest absolute Gasteiger partial charge is 0.160 e. The minimum Gasteiger partial charge on any atom is -0.265 e. The summed E-state index contributed by atoms with van der Waals surface area (Å²) in [6.45, 7) is 0. The van der Waals surface area contributed by atoms with Crippen molar-refractivity contribution in [1.29, 1.82) is 0 Å². The molecule has 0 N–H and O–H groups in total. The van der Waals surface area contributed by atoms with Gasteiger partial charge in [0.1, 0.15) is 0 Å². The van der Waals surface area contributed by atoms with Gasteiger partial charge in [0.2, 0.25) is 0 Å². The Morgan fingerprint density at radius 1 is 0.241 bits per heavy atom. The van der Waals surface area contributed by atoms with Crippen LogP contribution in [-0.2, 0) is 0 Å². The standard InChI is InChI=1S/C51H33N3/c1-3-11-34(12-4-1)35-19-21-37(22-20-35)49-33-50(54-51(53-49)38-13-5-2-6-14-38)42-30-40(36-25-27-52-28-26-36)29-41(31-42)39-23-24-47-45-17-8-7-15-43(45)44-16-9-10-18-46(44)48(47)32-39/h1-33H. The van der Waals surface area contributed by atoms with Crippen molar-refractivity contribution in [2.24, 2.45) is 0 Å². The third kappa shape index (κ3) is 5.78. The summed E-state index contributed by atoms with van der Waals surface area (Å²) in [6.07, 6.45) is 3.70. The zero-order chi connectivity index (χ0) is 35.8. The molecule has 0 radical (unpaired) electrons. The van der Waals surface area contributed by atoms with Crippen LogP contribution in [0.1, 0.15) is 0 Å². The molecule has 3 heteroatoms. The van der Waals surface area contributed by atoms with Crippen LogP contribution in [0.15, 0.2) is 200 Å². The van der Waals surface area contributed by atoms with E-state index in [1.165, 1.54) is 43.4 Å². The van der Waals surface area contributed by atoms with Crippen LogP contribution in [-0.4, -0.2) is 15.0 Å². The maximum Gasteiger partial charge on any atom is 0.160 e. The highest BCUT2D eigenvalue weighted by Gasteiger charge is 2.15. The Morgan fingerprint density at radius 3 is 1.30 bits per heavy atom. The number of rotatable bonds is 6. The Kier molecular flexibility index (Phi) is 7.81. The van der Waals surface area contributed by atoms with E-state index in [9.17, 15) is 0 Å². The van der Waals surface area contributed by atoms with Crippen LogP contribution in [0.25, 0.3) is 99.6 Å². The molecule has 0 fully saturated rings. The number of aromatic nitrogens is 3. The van der Waals surface area contributed by atoms with Gasteiger partial charge in [0.05, 0.1) is 11.4 Å². The number of fused-ring (bicyclic) bond motifs is 6. The van der Waals surface area contributed by atoms with Gasteiger partial charge in [-0.25, -0.2) is 9.97 Å². The molecule has 0 unspecified atom stereocenters. The Morgan fingerprint density at radius 2 is 0.667 bits per heavy atom. The number of benzene rings is 8. The molecule has 0 saturated heterocycles. The monoisotopic (exact) mass is 687 g/mol. The first-order chi connectivity index (χ1) is 26.7. The predicted molar refractivity (Wildman–Crippen MR) is 225 cm³/mol. The van der Waals surface area contributed by atoms with Gasteiger partial charge in [-0.3, -0.25) is 4.98 Å². The van der Waals surface area contributed by atoms with Crippen molar-refractivity contribution >= 4 is 32.3 Å². The van der Waals surface area contributed by atoms with E-state index in [0.29, 0.717) is 5.82 Å². The predicted octanol–water partition coefficient (Wildman–Crippen LogP) is 13.3. The molecule has 0 spiro atoms. The Labute approximate surface area is 313 Å². The van der Waals surface area contributed by atoms with Crippen LogP contribution >= 0.6 is 0 Å². The summed E-state index contributed by atoms with van der Waals surface area (Å²) in [6, 6.07) is 66.8. The van der Waals surface area contributed by atoms with Crippen molar-refractivity contribution < 1.29 is 0 Å². The lowest BCUT2D eigenvalue weighted by Gasteiger charge is -2.15. The fraction of sp³-hybridized carbons (Fsp3) is 0. The van der Waals surface area contributed by atoms with Crippen molar-refractivity contribution in [3.63, 3.8) is 0 Å². The molecule has 0 aliphatic rings. The summed E-state index contributed by atoms with van der Waals surface area (Å²) >= 11 is 0. The van der Waals surface area contributed by atoms with Crippen LogP contribution in [0.4, 0.5) is 0 Å². The fourth-order valence-electron chi connectivity index (χ4n) is 7.66. The van der Waals surface area contributed by atoms with E-state index in [2.05, 4.69) is 169 Å². The maximum absolute atomic E-state index is 5.24. The van der Waals surface area contributed by atoms with Crippen molar-refractivity contribution in [3.05, 3.63) is 200 Å². The second-order valence-corrected chi connectivity index (χ2v) is 13.7. The SMILES string of the molecule is c1ccc(-c2ccc(-c3cc(-c4cc(-c5ccncc5)cc(-c5ccc6c7ccccc7c7ccccc7c6c5)c4)nc(-c4ccccc4)n3)cc2)cc1. The molecular weight excluding hydrogens is 655 g/mol. The third-order valence-corrected chi connectivity index (χ3v) is 10.4. The van der Waals surface area contributed by atoms with Gasteiger partial charge in [0.25, 0.3) is 0 Å². The van der Waals surface area contributed by atoms with E-state index >= 15 is 0 Å². The van der Waals surface area contributed by atoms with Crippen molar-refractivity contribution in [1.82, 2.24) is 15.0 Å². The minimum absolute atomic E-state index is 0.690. The molecule has 0 amide bonds. The third-order valence-electron chi connectivity index (χ3n) is 10.4. The zero-order valence-corrected chi connectivity index (χ0v) is 29.4. The van der Waals surface area contributed by atoms with Crippen molar-refractivity contribution in [2.45, 2.75) is 0 Å². The topological polar surface area (TPSA) is 38.7 Å². The molecule has 0 aliphatic heterocycles. The van der Waals surface area contributed by atoms with Gasteiger partial charge in [-0.2, -0.15) is 0 Å². The van der Waals surface area contributed by atoms with Gasteiger partial charge in [0, 0.05) is 29.1 Å². The van der Waals surface area contributed by atoms with Crippen molar-refractivity contribution in [3.8, 4) is 67.3 Å². The van der Waals surface area contributed by atoms with Crippen LogP contribution in [0.2, 0.25) is 0 Å². The first kappa shape index (κ1) is 31.5. The number of hydrogen-bond donors (Lipinski definition) is 0. The number of pyridine rings is 1. The minimum atomic E-state index is 0.690. The van der Waals surface area contributed by atoms with E-state index < -0.39 is 0 Å². The average Bonchev–Trinajstić information content (AvgIpc) is 3.27. The van der Waals surface area contributed by atoms with E-state index in [0.717, 1.165) is 50.3 Å². The summed E-state index contributed by atoms with van der Waals surface area (Å²) in [5, 5.41) is 7.56. The van der Waals surface area contributed by atoms with Crippen LogP contribution in [0.3, 0.4) is 0 Å². The first-order valence-corrected chi connectivity index (χ1v) is 18.2. The van der Waals surface area contributed by atoms with Gasteiger partial charge in [0.15, 0.2) is 5.82 Å². The molecule has 0 saturated carbocycles. The van der Waals surface area contributed by atoms with Crippen molar-refractivity contribution in [2.75, 3.05) is 0 Å². The Balaban J connectivity index is 1.17. The molecule has 2 aromatic heterocycles. The second-order valence-electron chi connectivity index (χ2n) is 13.7. The lowest BCUT2D eigenvalue weighted by molar-refractivity contribution is 1.18. The molecule has 8 aromatic carbocycles. The molecule has 3 nitrogen and oxygen atoms in total. The van der Waals surface area contributed by atoms with Gasteiger partial charge >= 0.3 is 0 Å². The summed E-state index contributed by atoms with van der Waals surface area (Å²) < 4.78 is 0. The highest BCUT2D eigenvalue weighted by molar-refractivity contribution is 6.25. The highest BCUT2D eigenvalue weighted by atomic mass is 14.9. The first-order valence-electron chi connectivity index (χ1n) is 18.2. The normalized spacial score (nSPS) is 11.3. The molecule has 252 valence electrons. The molecule has 54 heavy (non-hydrogen) atoms.